The summed E-state index contributed by atoms with van der Waals surface area (Å²) in [6, 6.07) is 7.68. The van der Waals surface area contributed by atoms with Gasteiger partial charge in [-0.25, -0.2) is 4.79 Å². The molecule has 6 nitrogen and oxygen atoms in total. The second-order valence-corrected chi connectivity index (χ2v) is 7.96. The maximum Gasteiger partial charge on any atom is 0.334 e. The number of aliphatic carboxylic acids is 1. The fraction of sp³-hybridized carbons (Fsp3) is 0.500. The first-order valence-electron chi connectivity index (χ1n) is 9.26. The van der Waals surface area contributed by atoms with Crippen molar-refractivity contribution in [3.63, 3.8) is 0 Å². The zero-order valence-corrected chi connectivity index (χ0v) is 14.6. The molecule has 136 valence electrons. The minimum Gasteiger partial charge on any atom is -0.497 e. The highest BCUT2D eigenvalue weighted by Crippen LogP contribution is 2.49. The topological polar surface area (TPSA) is 78.9 Å². The zero-order valence-electron chi connectivity index (χ0n) is 14.6. The summed E-state index contributed by atoms with van der Waals surface area (Å²) in [6.45, 7) is 3.63. The Morgan fingerprint density at radius 2 is 2.19 bits per heavy atom. The first kappa shape index (κ1) is 15.9. The molecular formula is C20H22N2O4. The summed E-state index contributed by atoms with van der Waals surface area (Å²) in [4.78, 5) is 27.4. The van der Waals surface area contributed by atoms with Crippen LogP contribution in [-0.4, -0.2) is 52.5 Å². The van der Waals surface area contributed by atoms with E-state index in [1.807, 2.05) is 31.2 Å². The van der Waals surface area contributed by atoms with E-state index in [2.05, 4.69) is 10.2 Å². The monoisotopic (exact) mass is 354 g/mol. The van der Waals surface area contributed by atoms with Crippen LogP contribution in [-0.2, 0) is 9.53 Å². The Balaban J connectivity index is 1.52. The molecule has 26 heavy (non-hydrogen) atoms. The standard InChI is InChI=1S/C20H22N2O4/c1-11-14-9-22-7-6-20(18(23)12-4-2-3-5-16(12)21-20)17(22)8-13(14)15(10-26-11)19(24)25/h2-5,10-11,13-14,17,21H,6-9H2,1H3,(H,24,25)/t11-,13+,14+,17+,20-/m1/s1. The van der Waals surface area contributed by atoms with Gasteiger partial charge in [0.15, 0.2) is 5.78 Å². The number of ether oxygens (including phenoxy) is 1. The molecule has 4 heterocycles. The third kappa shape index (κ3) is 1.96. The van der Waals surface area contributed by atoms with Crippen molar-refractivity contribution in [3.05, 3.63) is 41.7 Å². The number of carbonyl (C=O) groups excluding carboxylic acids is 1. The molecule has 4 aliphatic heterocycles. The maximum atomic E-state index is 13.3. The van der Waals surface area contributed by atoms with Gasteiger partial charge in [0.05, 0.1) is 17.9 Å². The molecule has 1 spiro atoms. The number of carboxylic acids is 1. The molecule has 2 saturated heterocycles. The van der Waals surface area contributed by atoms with Crippen molar-refractivity contribution in [2.75, 3.05) is 18.4 Å². The first-order chi connectivity index (χ1) is 12.5. The van der Waals surface area contributed by atoms with Gasteiger partial charge < -0.3 is 15.2 Å². The van der Waals surface area contributed by atoms with Crippen LogP contribution in [0.4, 0.5) is 5.69 Å². The maximum absolute atomic E-state index is 13.3. The van der Waals surface area contributed by atoms with Gasteiger partial charge in [0.25, 0.3) is 0 Å². The van der Waals surface area contributed by atoms with E-state index in [1.54, 1.807) is 0 Å². The summed E-state index contributed by atoms with van der Waals surface area (Å²) in [5, 5.41) is 13.1. The van der Waals surface area contributed by atoms with Gasteiger partial charge >= 0.3 is 5.97 Å². The number of anilines is 1. The van der Waals surface area contributed by atoms with Gasteiger partial charge in [-0.15, -0.1) is 0 Å². The summed E-state index contributed by atoms with van der Waals surface area (Å²) in [7, 11) is 0. The molecule has 4 aliphatic rings. The van der Waals surface area contributed by atoms with Crippen LogP contribution in [0, 0.1) is 11.8 Å². The fourth-order valence-corrected chi connectivity index (χ4v) is 5.49. The lowest BCUT2D eigenvalue weighted by atomic mass is 9.70. The molecule has 1 aromatic carbocycles. The minimum absolute atomic E-state index is 0.00923. The summed E-state index contributed by atoms with van der Waals surface area (Å²) in [5.74, 6) is -0.691. The number of Topliss-reactive ketones (excluding diaryl/α,β-unsaturated/α-hetero) is 1. The van der Waals surface area contributed by atoms with Crippen molar-refractivity contribution >= 4 is 17.4 Å². The third-order valence-corrected chi connectivity index (χ3v) is 6.84. The van der Waals surface area contributed by atoms with Gasteiger partial charge in [-0.3, -0.25) is 9.69 Å². The van der Waals surface area contributed by atoms with Crippen LogP contribution in [0.1, 0.15) is 30.1 Å². The van der Waals surface area contributed by atoms with E-state index < -0.39 is 11.5 Å². The van der Waals surface area contributed by atoms with Crippen LogP contribution in [0.5, 0.6) is 0 Å². The average molecular weight is 354 g/mol. The van der Waals surface area contributed by atoms with Crippen LogP contribution in [0.3, 0.4) is 0 Å². The predicted molar refractivity (Wildman–Crippen MR) is 95.0 cm³/mol. The number of carbonyl (C=O) groups is 2. The zero-order chi connectivity index (χ0) is 18.1. The Bertz CT molecular complexity index is 835. The van der Waals surface area contributed by atoms with E-state index >= 15 is 0 Å². The van der Waals surface area contributed by atoms with Gasteiger partial charge in [-0.2, -0.15) is 0 Å². The molecule has 0 radical (unpaired) electrons. The van der Waals surface area contributed by atoms with E-state index in [0.29, 0.717) is 12.0 Å². The van der Waals surface area contributed by atoms with Crippen molar-refractivity contribution in [1.82, 2.24) is 4.90 Å². The number of nitrogens with one attached hydrogen (secondary N) is 1. The Kier molecular flexibility index (Phi) is 3.26. The van der Waals surface area contributed by atoms with Crippen LogP contribution in [0.2, 0.25) is 0 Å². The lowest BCUT2D eigenvalue weighted by Gasteiger charge is -2.47. The molecule has 6 heteroatoms. The summed E-state index contributed by atoms with van der Waals surface area (Å²) in [5.41, 5.74) is 1.37. The van der Waals surface area contributed by atoms with E-state index in [9.17, 15) is 14.7 Å². The van der Waals surface area contributed by atoms with Crippen LogP contribution in [0.25, 0.3) is 0 Å². The second-order valence-electron chi connectivity index (χ2n) is 7.96. The molecule has 0 bridgehead atoms. The van der Waals surface area contributed by atoms with E-state index in [-0.39, 0.29) is 29.8 Å². The Morgan fingerprint density at radius 1 is 1.38 bits per heavy atom. The molecule has 5 atom stereocenters. The van der Waals surface area contributed by atoms with Crippen molar-refractivity contribution in [3.8, 4) is 0 Å². The SMILES string of the molecule is C[C@H]1OC=C(C(=O)O)[C@H]2C[C@@H]3N(CC[C@@]34Nc3ccccc3C4=O)C[C@H]21. The van der Waals surface area contributed by atoms with Gasteiger partial charge in [0.2, 0.25) is 0 Å². The number of para-hydroxylation sites is 1. The van der Waals surface area contributed by atoms with E-state index in [1.165, 1.54) is 6.26 Å². The van der Waals surface area contributed by atoms with Crippen molar-refractivity contribution < 1.29 is 19.4 Å². The summed E-state index contributed by atoms with van der Waals surface area (Å²) in [6.07, 6.45) is 2.84. The highest BCUT2D eigenvalue weighted by Gasteiger charge is 2.60. The molecule has 0 amide bonds. The largest absolute Gasteiger partial charge is 0.497 e. The highest BCUT2D eigenvalue weighted by molar-refractivity contribution is 6.14. The third-order valence-electron chi connectivity index (χ3n) is 6.84. The molecule has 0 aliphatic carbocycles. The number of rotatable bonds is 1. The fourth-order valence-electron chi connectivity index (χ4n) is 5.49. The van der Waals surface area contributed by atoms with Crippen LogP contribution in [0.15, 0.2) is 36.1 Å². The minimum atomic E-state index is -0.915. The van der Waals surface area contributed by atoms with Gasteiger partial charge in [0, 0.05) is 42.2 Å². The lowest BCUT2D eigenvalue weighted by molar-refractivity contribution is -0.135. The lowest BCUT2D eigenvalue weighted by Crippen LogP contribution is -2.59. The Hall–Kier alpha value is -2.34. The molecule has 2 fully saturated rings. The average Bonchev–Trinajstić information content (AvgIpc) is 3.13. The number of fused-ring (bicyclic) bond motifs is 4. The normalized spacial score (nSPS) is 38.0. The molecule has 0 aromatic heterocycles. The van der Waals surface area contributed by atoms with Crippen molar-refractivity contribution in [2.24, 2.45) is 11.8 Å². The first-order valence-corrected chi connectivity index (χ1v) is 9.26. The van der Waals surface area contributed by atoms with Crippen molar-refractivity contribution in [2.45, 2.75) is 37.5 Å². The van der Waals surface area contributed by atoms with Crippen molar-refractivity contribution in [1.29, 1.82) is 0 Å². The quantitative estimate of drug-likeness (QED) is 0.804. The number of ketones is 1. The van der Waals surface area contributed by atoms with Crippen LogP contribution >= 0.6 is 0 Å². The van der Waals surface area contributed by atoms with Crippen LogP contribution < -0.4 is 5.32 Å². The number of hydrogen-bond acceptors (Lipinski definition) is 5. The van der Waals surface area contributed by atoms with Gasteiger partial charge in [0.1, 0.15) is 5.54 Å². The number of carboxylic acid groups (broad SMARTS) is 1. The molecule has 1 aromatic rings. The molecule has 0 unspecified atom stereocenters. The van der Waals surface area contributed by atoms with Gasteiger partial charge in [-0.1, -0.05) is 12.1 Å². The number of benzene rings is 1. The highest BCUT2D eigenvalue weighted by atomic mass is 16.5. The molecular weight excluding hydrogens is 332 g/mol. The molecule has 5 rings (SSSR count). The van der Waals surface area contributed by atoms with E-state index in [0.717, 1.165) is 30.8 Å². The van der Waals surface area contributed by atoms with E-state index in [4.69, 9.17) is 4.74 Å². The number of nitrogens with zero attached hydrogens (tertiary/aromatic N) is 1. The molecule has 2 N–H and O–H groups in total. The number of hydrogen-bond donors (Lipinski definition) is 2. The smallest absolute Gasteiger partial charge is 0.334 e. The number of piperidine rings is 1. The van der Waals surface area contributed by atoms with Gasteiger partial charge in [-0.05, 0) is 31.9 Å². The molecule has 0 saturated carbocycles. The summed E-state index contributed by atoms with van der Waals surface area (Å²) >= 11 is 0. The second kappa shape index (κ2) is 5.33. The predicted octanol–water partition coefficient (Wildman–Crippen LogP) is 2.13. The summed E-state index contributed by atoms with van der Waals surface area (Å²) < 4.78 is 5.61. The Morgan fingerprint density at radius 3 is 2.96 bits per heavy atom. The Labute approximate surface area is 151 Å².